The number of hydrogen-bond donors (Lipinski definition) is 1. The van der Waals surface area contributed by atoms with E-state index < -0.39 is 5.97 Å². The molecule has 0 amide bonds. The van der Waals surface area contributed by atoms with E-state index in [0.29, 0.717) is 0 Å². The van der Waals surface area contributed by atoms with Crippen LogP contribution in [-0.4, -0.2) is 20.9 Å². The zero-order valence-corrected chi connectivity index (χ0v) is 11.4. The predicted octanol–water partition coefficient (Wildman–Crippen LogP) is 1.59. The Morgan fingerprint density at radius 1 is 1.22 bits per heavy atom. The van der Waals surface area contributed by atoms with Crippen LogP contribution in [0.2, 0.25) is 0 Å². The average molecular weight is 356 g/mol. The normalized spacial score (nSPS) is 10.3. The first-order valence-corrected chi connectivity index (χ1v) is 6.20. The van der Waals surface area contributed by atoms with Gasteiger partial charge in [0.15, 0.2) is 5.69 Å². The van der Waals surface area contributed by atoms with Gasteiger partial charge in [0.1, 0.15) is 0 Å². The monoisotopic (exact) mass is 356 g/mol. The number of nitrogens with zero attached hydrogens (tertiary/aromatic N) is 2. The van der Waals surface area contributed by atoms with Crippen LogP contribution in [-0.2, 0) is 6.54 Å². The van der Waals surface area contributed by atoms with Crippen LogP contribution < -0.4 is 5.56 Å². The number of carboxylic acids is 1. The Kier molecular flexibility index (Phi) is 3.75. The van der Waals surface area contributed by atoms with Gasteiger partial charge in [0, 0.05) is 9.64 Å². The fourth-order valence-electron chi connectivity index (χ4n) is 1.44. The molecule has 18 heavy (non-hydrogen) atoms. The third-order valence-corrected chi connectivity index (χ3v) is 3.05. The van der Waals surface area contributed by atoms with Crippen molar-refractivity contribution in [2.24, 2.45) is 0 Å². The van der Waals surface area contributed by atoms with Gasteiger partial charge in [0.25, 0.3) is 5.56 Å². The standard InChI is InChI=1S/C12H9IN2O3/c13-9-3-1-8(2-4-9)7-15-11(16)6-5-10(14-15)12(17)18/h1-6H,7H2,(H,17,18). The largest absolute Gasteiger partial charge is 0.476 e. The molecule has 0 aliphatic carbocycles. The van der Waals surface area contributed by atoms with Crippen molar-refractivity contribution in [3.8, 4) is 0 Å². The van der Waals surface area contributed by atoms with E-state index >= 15 is 0 Å². The van der Waals surface area contributed by atoms with E-state index in [1.165, 1.54) is 12.1 Å². The molecular formula is C12H9IN2O3. The summed E-state index contributed by atoms with van der Waals surface area (Å²) in [5, 5.41) is 12.6. The summed E-state index contributed by atoms with van der Waals surface area (Å²) >= 11 is 2.19. The summed E-state index contributed by atoms with van der Waals surface area (Å²) in [5.74, 6) is -1.15. The number of carbonyl (C=O) groups is 1. The Bertz CT molecular complexity index is 635. The third kappa shape index (κ3) is 2.95. The molecule has 1 aromatic heterocycles. The molecule has 1 heterocycles. The second-order valence-corrected chi connectivity index (χ2v) is 4.89. The van der Waals surface area contributed by atoms with E-state index in [-0.39, 0.29) is 17.8 Å². The lowest BCUT2D eigenvalue weighted by Gasteiger charge is -2.05. The molecule has 0 bridgehead atoms. The maximum absolute atomic E-state index is 11.6. The van der Waals surface area contributed by atoms with Crippen molar-refractivity contribution in [1.29, 1.82) is 0 Å². The van der Waals surface area contributed by atoms with Crippen molar-refractivity contribution in [3.05, 3.63) is 61.6 Å². The Morgan fingerprint density at radius 3 is 2.50 bits per heavy atom. The first-order valence-electron chi connectivity index (χ1n) is 5.12. The molecule has 0 saturated carbocycles. The SMILES string of the molecule is O=C(O)c1ccc(=O)n(Cc2ccc(I)cc2)n1. The van der Waals surface area contributed by atoms with E-state index in [2.05, 4.69) is 27.7 Å². The zero-order valence-electron chi connectivity index (χ0n) is 9.21. The van der Waals surface area contributed by atoms with Gasteiger partial charge in [-0.3, -0.25) is 4.79 Å². The highest BCUT2D eigenvalue weighted by Crippen LogP contribution is 2.07. The predicted molar refractivity (Wildman–Crippen MR) is 73.7 cm³/mol. The van der Waals surface area contributed by atoms with Gasteiger partial charge in [-0.25, -0.2) is 9.48 Å². The number of halogens is 1. The number of aromatic nitrogens is 2. The fourth-order valence-corrected chi connectivity index (χ4v) is 1.80. The fraction of sp³-hybridized carbons (Fsp3) is 0.0833. The van der Waals surface area contributed by atoms with Crippen LogP contribution in [0.4, 0.5) is 0 Å². The average Bonchev–Trinajstić information content (AvgIpc) is 2.34. The maximum Gasteiger partial charge on any atom is 0.356 e. The minimum Gasteiger partial charge on any atom is -0.476 e. The van der Waals surface area contributed by atoms with E-state index in [0.717, 1.165) is 13.8 Å². The molecule has 0 aliphatic rings. The van der Waals surface area contributed by atoms with Gasteiger partial charge >= 0.3 is 5.97 Å². The number of carboxylic acid groups (broad SMARTS) is 1. The van der Waals surface area contributed by atoms with Gasteiger partial charge in [0.2, 0.25) is 0 Å². The second-order valence-electron chi connectivity index (χ2n) is 3.65. The van der Waals surface area contributed by atoms with Crippen LogP contribution in [0.15, 0.2) is 41.2 Å². The van der Waals surface area contributed by atoms with Crippen LogP contribution in [0, 0.1) is 3.57 Å². The molecule has 92 valence electrons. The first kappa shape index (κ1) is 12.7. The lowest BCUT2D eigenvalue weighted by molar-refractivity contribution is 0.0687. The van der Waals surface area contributed by atoms with Gasteiger partial charge < -0.3 is 5.11 Å². The molecule has 0 unspecified atom stereocenters. The van der Waals surface area contributed by atoms with Crippen LogP contribution in [0.25, 0.3) is 0 Å². The van der Waals surface area contributed by atoms with Crippen molar-refractivity contribution >= 4 is 28.6 Å². The summed E-state index contributed by atoms with van der Waals surface area (Å²) in [6.45, 7) is 0.261. The van der Waals surface area contributed by atoms with Gasteiger partial charge in [0.05, 0.1) is 6.54 Å². The lowest BCUT2D eigenvalue weighted by atomic mass is 10.2. The highest BCUT2D eigenvalue weighted by Gasteiger charge is 2.07. The van der Waals surface area contributed by atoms with Gasteiger partial charge in [-0.1, -0.05) is 12.1 Å². The quantitative estimate of drug-likeness (QED) is 0.848. The summed E-state index contributed by atoms with van der Waals surface area (Å²) in [6, 6.07) is 10.0. The summed E-state index contributed by atoms with van der Waals surface area (Å²) in [7, 11) is 0. The lowest BCUT2D eigenvalue weighted by Crippen LogP contribution is -2.24. The van der Waals surface area contributed by atoms with Gasteiger partial charge in [-0.15, -0.1) is 0 Å². The molecular weight excluding hydrogens is 347 g/mol. The highest BCUT2D eigenvalue weighted by molar-refractivity contribution is 14.1. The maximum atomic E-state index is 11.6. The van der Waals surface area contributed by atoms with E-state index in [4.69, 9.17) is 5.11 Å². The van der Waals surface area contributed by atoms with E-state index in [9.17, 15) is 9.59 Å². The molecule has 0 aliphatic heterocycles. The summed E-state index contributed by atoms with van der Waals surface area (Å²) in [6.07, 6.45) is 0. The van der Waals surface area contributed by atoms with Crippen LogP contribution >= 0.6 is 22.6 Å². The molecule has 5 nitrogen and oxygen atoms in total. The van der Waals surface area contributed by atoms with Crippen LogP contribution in [0.5, 0.6) is 0 Å². The van der Waals surface area contributed by atoms with E-state index in [1.807, 2.05) is 24.3 Å². The summed E-state index contributed by atoms with van der Waals surface area (Å²) in [4.78, 5) is 22.4. The Labute approximate surface area is 116 Å². The molecule has 1 aromatic carbocycles. The molecule has 0 spiro atoms. The number of hydrogen-bond acceptors (Lipinski definition) is 3. The van der Waals surface area contributed by atoms with Crippen molar-refractivity contribution in [2.75, 3.05) is 0 Å². The van der Waals surface area contributed by atoms with E-state index in [1.54, 1.807) is 0 Å². The van der Waals surface area contributed by atoms with Crippen molar-refractivity contribution < 1.29 is 9.90 Å². The summed E-state index contributed by atoms with van der Waals surface area (Å²) in [5.41, 5.74) is 0.436. The Morgan fingerprint density at radius 2 is 1.89 bits per heavy atom. The molecule has 0 saturated heterocycles. The third-order valence-electron chi connectivity index (χ3n) is 2.33. The number of benzene rings is 1. The highest BCUT2D eigenvalue weighted by atomic mass is 127. The first-order chi connectivity index (χ1) is 8.56. The molecule has 2 aromatic rings. The van der Waals surface area contributed by atoms with Crippen molar-refractivity contribution in [2.45, 2.75) is 6.54 Å². The van der Waals surface area contributed by atoms with Crippen LogP contribution in [0.1, 0.15) is 16.1 Å². The van der Waals surface area contributed by atoms with Gasteiger partial charge in [-0.2, -0.15) is 5.10 Å². The molecule has 0 fully saturated rings. The second kappa shape index (κ2) is 5.30. The summed E-state index contributed by atoms with van der Waals surface area (Å²) < 4.78 is 2.24. The Balaban J connectivity index is 2.33. The zero-order chi connectivity index (χ0) is 13.1. The minimum atomic E-state index is -1.15. The molecule has 6 heteroatoms. The minimum absolute atomic E-state index is 0.139. The molecule has 2 rings (SSSR count). The smallest absolute Gasteiger partial charge is 0.356 e. The molecule has 1 N–H and O–H groups in total. The number of aromatic carboxylic acids is 1. The van der Waals surface area contributed by atoms with Crippen molar-refractivity contribution in [3.63, 3.8) is 0 Å². The molecule has 0 radical (unpaired) electrons. The van der Waals surface area contributed by atoms with Crippen LogP contribution in [0.3, 0.4) is 0 Å². The topological polar surface area (TPSA) is 72.2 Å². The van der Waals surface area contributed by atoms with Gasteiger partial charge in [-0.05, 0) is 46.4 Å². The van der Waals surface area contributed by atoms with Crippen molar-refractivity contribution in [1.82, 2.24) is 9.78 Å². The molecule has 0 atom stereocenters. The Hall–Kier alpha value is -1.70. The number of rotatable bonds is 3.